The van der Waals surface area contributed by atoms with Gasteiger partial charge in [-0.3, -0.25) is 9.59 Å². The van der Waals surface area contributed by atoms with E-state index in [1.807, 2.05) is 6.92 Å². The third-order valence-corrected chi connectivity index (χ3v) is 4.86. The summed E-state index contributed by atoms with van der Waals surface area (Å²) in [4.78, 5) is 30.9. The van der Waals surface area contributed by atoms with Crippen molar-refractivity contribution < 1.29 is 14.0 Å². The lowest BCUT2D eigenvalue weighted by Crippen LogP contribution is -2.37. The number of fused-ring (bicyclic) bond motifs is 1. The molecule has 28 heavy (non-hydrogen) atoms. The molecule has 0 radical (unpaired) electrons. The molecule has 2 amide bonds. The summed E-state index contributed by atoms with van der Waals surface area (Å²) < 4.78 is 14.5. The van der Waals surface area contributed by atoms with Gasteiger partial charge < -0.3 is 10.2 Å². The predicted molar refractivity (Wildman–Crippen MR) is 100 cm³/mol. The maximum atomic E-state index is 13.0. The quantitative estimate of drug-likeness (QED) is 0.730. The fraction of sp³-hybridized carbons (Fsp3) is 0.300. The highest BCUT2D eigenvalue weighted by atomic mass is 19.1. The SMILES string of the molecule is Cc1cnc2c(C(=O)N[C@@H]3CC(=O)N(CCc4ccc(F)cc4)C3)cnn2c1. The molecular weight excluding hydrogens is 361 g/mol. The van der Waals surface area contributed by atoms with Crippen LogP contribution >= 0.6 is 0 Å². The predicted octanol–water partition coefficient (Wildman–Crippen LogP) is 1.75. The van der Waals surface area contributed by atoms with Crippen LogP contribution in [0.15, 0.2) is 42.9 Å². The van der Waals surface area contributed by atoms with Crippen LogP contribution in [-0.4, -0.2) is 50.4 Å². The number of nitrogens with zero attached hydrogens (tertiary/aromatic N) is 4. The fourth-order valence-electron chi connectivity index (χ4n) is 3.39. The maximum absolute atomic E-state index is 13.0. The third-order valence-electron chi connectivity index (χ3n) is 4.86. The number of aromatic nitrogens is 3. The van der Waals surface area contributed by atoms with Crippen molar-refractivity contribution in [1.29, 1.82) is 0 Å². The second kappa shape index (κ2) is 7.38. The molecule has 1 aliphatic rings. The van der Waals surface area contributed by atoms with E-state index in [0.717, 1.165) is 11.1 Å². The van der Waals surface area contributed by atoms with Crippen LogP contribution in [0.5, 0.6) is 0 Å². The van der Waals surface area contributed by atoms with E-state index in [4.69, 9.17) is 0 Å². The summed E-state index contributed by atoms with van der Waals surface area (Å²) in [5, 5.41) is 7.07. The average molecular weight is 381 g/mol. The molecule has 7 nitrogen and oxygen atoms in total. The molecule has 0 saturated carbocycles. The maximum Gasteiger partial charge on any atom is 0.257 e. The Balaban J connectivity index is 1.37. The Morgan fingerprint density at radius 1 is 1.29 bits per heavy atom. The summed E-state index contributed by atoms with van der Waals surface area (Å²) in [6.45, 7) is 2.89. The van der Waals surface area contributed by atoms with Gasteiger partial charge in [0, 0.05) is 31.9 Å². The van der Waals surface area contributed by atoms with Gasteiger partial charge in [0.25, 0.3) is 5.91 Å². The molecule has 8 heteroatoms. The molecule has 3 aromatic rings. The molecule has 0 aliphatic carbocycles. The van der Waals surface area contributed by atoms with E-state index >= 15 is 0 Å². The summed E-state index contributed by atoms with van der Waals surface area (Å²) in [6, 6.07) is 6.00. The van der Waals surface area contributed by atoms with Crippen LogP contribution in [0.25, 0.3) is 5.65 Å². The molecule has 0 unspecified atom stereocenters. The van der Waals surface area contributed by atoms with E-state index in [-0.39, 0.29) is 30.1 Å². The number of hydrogen-bond donors (Lipinski definition) is 1. The number of likely N-dealkylation sites (tertiary alicyclic amines) is 1. The van der Waals surface area contributed by atoms with Crippen molar-refractivity contribution in [2.45, 2.75) is 25.8 Å². The van der Waals surface area contributed by atoms with Crippen LogP contribution in [-0.2, 0) is 11.2 Å². The van der Waals surface area contributed by atoms with Gasteiger partial charge in [0.2, 0.25) is 5.91 Å². The van der Waals surface area contributed by atoms with E-state index in [1.54, 1.807) is 33.9 Å². The van der Waals surface area contributed by atoms with Gasteiger partial charge in [0.15, 0.2) is 5.65 Å². The van der Waals surface area contributed by atoms with Crippen LogP contribution in [0, 0.1) is 12.7 Å². The molecule has 1 aliphatic heterocycles. The molecule has 1 saturated heterocycles. The second-order valence-corrected chi connectivity index (χ2v) is 7.05. The Kier molecular flexibility index (Phi) is 4.77. The number of nitrogens with one attached hydrogen (secondary N) is 1. The van der Waals surface area contributed by atoms with Crippen molar-refractivity contribution in [2.24, 2.45) is 0 Å². The van der Waals surface area contributed by atoms with Crippen LogP contribution in [0.3, 0.4) is 0 Å². The first-order valence-corrected chi connectivity index (χ1v) is 9.12. The van der Waals surface area contributed by atoms with Crippen molar-refractivity contribution in [1.82, 2.24) is 24.8 Å². The number of benzene rings is 1. The largest absolute Gasteiger partial charge is 0.347 e. The minimum atomic E-state index is -0.287. The van der Waals surface area contributed by atoms with E-state index in [2.05, 4.69) is 15.4 Å². The normalized spacial score (nSPS) is 16.7. The van der Waals surface area contributed by atoms with Gasteiger partial charge in [0.05, 0.1) is 12.2 Å². The van der Waals surface area contributed by atoms with Gasteiger partial charge in [-0.25, -0.2) is 13.9 Å². The highest BCUT2D eigenvalue weighted by molar-refractivity contribution is 6.00. The number of rotatable bonds is 5. The summed E-state index contributed by atoms with van der Waals surface area (Å²) in [5.41, 5.74) is 2.79. The second-order valence-electron chi connectivity index (χ2n) is 7.05. The van der Waals surface area contributed by atoms with Crippen molar-refractivity contribution in [3.8, 4) is 0 Å². The monoisotopic (exact) mass is 381 g/mol. The van der Waals surface area contributed by atoms with E-state index in [0.29, 0.717) is 30.7 Å². The van der Waals surface area contributed by atoms with Crippen molar-refractivity contribution in [3.05, 3.63) is 65.4 Å². The Hall–Kier alpha value is -3.29. The summed E-state index contributed by atoms with van der Waals surface area (Å²) in [5.74, 6) is -0.563. The lowest BCUT2D eigenvalue weighted by Gasteiger charge is -2.17. The minimum absolute atomic E-state index is 0.000950. The smallest absolute Gasteiger partial charge is 0.257 e. The number of aryl methyl sites for hydroxylation is 1. The van der Waals surface area contributed by atoms with E-state index in [1.165, 1.54) is 18.3 Å². The molecule has 0 bridgehead atoms. The van der Waals surface area contributed by atoms with Gasteiger partial charge in [-0.05, 0) is 36.6 Å². The summed E-state index contributed by atoms with van der Waals surface area (Å²) >= 11 is 0. The minimum Gasteiger partial charge on any atom is -0.347 e. The van der Waals surface area contributed by atoms with Crippen molar-refractivity contribution in [2.75, 3.05) is 13.1 Å². The molecule has 1 atom stereocenters. The summed E-state index contributed by atoms with van der Waals surface area (Å²) in [6.07, 6.45) is 5.88. The van der Waals surface area contributed by atoms with Crippen LogP contribution in [0.2, 0.25) is 0 Å². The lowest BCUT2D eigenvalue weighted by atomic mass is 10.1. The highest BCUT2D eigenvalue weighted by Crippen LogP contribution is 2.15. The van der Waals surface area contributed by atoms with E-state index < -0.39 is 0 Å². The summed E-state index contributed by atoms with van der Waals surface area (Å²) in [7, 11) is 0. The number of amides is 2. The highest BCUT2D eigenvalue weighted by Gasteiger charge is 2.31. The zero-order valence-electron chi connectivity index (χ0n) is 15.4. The van der Waals surface area contributed by atoms with Gasteiger partial charge in [-0.15, -0.1) is 0 Å². The lowest BCUT2D eigenvalue weighted by molar-refractivity contribution is -0.127. The van der Waals surface area contributed by atoms with Gasteiger partial charge in [0.1, 0.15) is 11.4 Å². The Labute approximate surface area is 161 Å². The topological polar surface area (TPSA) is 79.6 Å². The van der Waals surface area contributed by atoms with E-state index in [9.17, 15) is 14.0 Å². The zero-order chi connectivity index (χ0) is 19.7. The zero-order valence-corrected chi connectivity index (χ0v) is 15.4. The number of carbonyl (C=O) groups excluding carboxylic acids is 2. The molecule has 144 valence electrons. The molecule has 1 aromatic carbocycles. The van der Waals surface area contributed by atoms with Crippen molar-refractivity contribution in [3.63, 3.8) is 0 Å². The van der Waals surface area contributed by atoms with Crippen LogP contribution in [0.1, 0.15) is 27.9 Å². The fourth-order valence-corrected chi connectivity index (χ4v) is 3.39. The first-order chi connectivity index (χ1) is 13.5. The molecule has 4 rings (SSSR count). The molecular formula is C20H20FN5O2. The number of hydrogen-bond acceptors (Lipinski definition) is 4. The average Bonchev–Trinajstić information content (AvgIpc) is 3.24. The molecule has 2 aromatic heterocycles. The van der Waals surface area contributed by atoms with Crippen LogP contribution in [0.4, 0.5) is 4.39 Å². The Bertz CT molecular complexity index is 1030. The standard InChI is InChI=1S/C20H20FN5O2/c1-13-9-22-19-17(10-23-26(19)11-13)20(28)24-16-8-18(27)25(12-16)7-6-14-2-4-15(21)5-3-14/h2-5,9-11,16H,6-8,12H2,1H3,(H,24,28)/t16-/m1/s1. The number of halogens is 1. The van der Waals surface area contributed by atoms with Crippen molar-refractivity contribution >= 4 is 17.5 Å². The molecule has 0 spiro atoms. The first-order valence-electron chi connectivity index (χ1n) is 9.12. The molecule has 1 fully saturated rings. The van der Waals surface area contributed by atoms with Gasteiger partial charge in [-0.2, -0.15) is 5.10 Å². The first kappa shape index (κ1) is 18.1. The molecule has 3 heterocycles. The van der Waals surface area contributed by atoms with Gasteiger partial charge >= 0.3 is 0 Å². The van der Waals surface area contributed by atoms with Crippen LogP contribution < -0.4 is 5.32 Å². The third kappa shape index (κ3) is 3.71. The molecule has 1 N–H and O–H groups in total. The van der Waals surface area contributed by atoms with Gasteiger partial charge in [-0.1, -0.05) is 12.1 Å². The Morgan fingerprint density at radius 2 is 2.07 bits per heavy atom. The Morgan fingerprint density at radius 3 is 2.86 bits per heavy atom. The number of carbonyl (C=O) groups is 2.